The molecule has 0 bridgehead atoms. The van der Waals surface area contributed by atoms with Crippen molar-refractivity contribution in [1.29, 1.82) is 0 Å². The van der Waals surface area contributed by atoms with Gasteiger partial charge in [0.15, 0.2) is 5.78 Å². The zero-order valence-corrected chi connectivity index (χ0v) is 17.7. The lowest BCUT2D eigenvalue weighted by atomic mass is 9.95. The molecule has 0 radical (unpaired) electrons. The van der Waals surface area contributed by atoms with Gasteiger partial charge < -0.3 is 15.0 Å². The minimum atomic E-state index is -0.591. The Labute approximate surface area is 171 Å². The topological polar surface area (TPSA) is 75.7 Å². The van der Waals surface area contributed by atoms with Gasteiger partial charge in [-0.25, -0.2) is 9.18 Å². The van der Waals surface area contributed by atoms with E-state index in [4.69, 9.17) is 4.74 Å². The van der Waals surface area contributed by atoms with Crippen LogP contribution in [0.1, 0.15) is 70.2 Å². The molecule has 2 amide bonds. The van der Waals surface area contributed by atoms with Gasteiger partial charge in [-0.2, -0.15) is 0 Å². The Bertz CT molecular complexity index is 727. The molecule has 160 valence electrons. The van der Waals surface area contributed by atoms with Crippen molar-refractivity contribution < 1.29 is 23.5 Å². The fourth-order valence-corrected chi connectivity index (χ4v) is 3.52. The first-order valence-electron chi connectivity index (χ1n) is 10.1. The Balaban J connectivity index is 1.93. The Hall–Kier alpha value is -2.44. The van der Waals surface area contributed by atoms with E-state index in [0.717, 1.165) is 19.3 Å². The number of amides is 2. The maximum atomic E-state index is 13.0. The molecular formula is C22H31FN2O4. The van der Waals surface area contributed by atoms with Gasteiger partial charge in [-0.15, -0.1) is 0 Å². The van der Waals surface area contributed by atoms with Crippen molar-refractivity contribution in [1.82, 2.24) is 10.2 Å². The van der Waals surface area contributed by atoms with Crippen molar-refractivity contribution in [3.63, 3.8) is 0 Å². The lowest BCUT2D eigenvalue weighted by Gasteiger charge is -2.39. The number of halogens is 1. The summed E-state index contributed by atoms with van der Waals surface area (Å²) >= 11 is 0. The summed E-state index contributed by atoms with van der Waals surface area (Å²) in [5.41, 5.74) is -0.193. The van der Waals surface area contributed by atoms with E-state index in [0.29, 0.717) is 12.1 Å². The number of Topliss-reactive ketones (excluding diaryl/α,β-unsaturated/α-hetero) is 1. The van der Waals surface area contributed by atoms with Crippen LogP contribution in [0, 0.1) is 5.82 Å². The van der Waals surface area contributed by atoms with Crippen LogP contribution in [0.2, 0.25) is 0 Å². The highest BCUT2D eigenvalue weighted by atomic mass is 19.1. The summed E-state index contributed by atoms with van der Waals surface area (Å²) in [6, 6.07) is 4.93. The van der Waals surface area contributed by atoms with Crippen LogP contribution >= 0.6 is 0 Å². The number of ether oxygens (including phenoxy) is 1. The van der Waals surface area contributed by atoms with Crippen LogP contribution in [-0.4, -0.2) is 46.9 Å². The number of benzene rings is 1. The first-order valence-corrected chi connectivity index (χ1v) is 10.1. The number of carbonyl (C=O) groups excluding carboxylic acids is 3. The molecule has 1 fully saturated rings. The summed E-state index contributed by atoms with van der Waals surface area (Å²) in [4.78, 5) is 38.9. The number of ketones is 1. The number of piperidine rings is 1. The van der Waals surface area contributed by atoms with Gasteiger partial charge in [0.2, 0.25) is 5.91 Å². The van der Waals surface area contributed by atoms with Gasteiger partial charge in [-0.05, 0) is 71.2 Å². The average Bonchev–Trinajstić information content (AvgIpc) is 2.64. The highest BCUT2D eigenvalue weighted by Crippen LogP contribution is 2.22. The highest BCUT2D eigenvalue weighted by Gasteiger charge is 2.32. The first kappa shape index (κ1) is 22.8. The van der Waals surface area contributed by atoms with E-state index in [2.05, 4.69) is 5.32 Å². The Morgan fingerprint density at radius 1 is 1.17 bits per heavy atom. The van der Waals surface area contributed by atoms with E-state index >= 15 is 0 Å². The molecule has 0 aromatic heterocycles. The van der Waals surface area contributed by atoms with Crippen molar-refractivity contribution >= 4 is 17.8 Å². The summed E-state index contributed by atoms with van der Waals surface area (Å²) in [5, 5.41) is 2.83. The summed E-state index contributed by atoms with van der Waals surface area (Å²) in [5.74, 6) is -0.699. The number of alkyl carbamates (subject to hydrolysis) is 1. The standard InChI is InChI=1S/C22H31FN2O4/c1-15(24-21(28)29-22(2,3)4)18-7-5-6-14-25(18)20(27)13-12-19(26)16-8-10-17(23)11-9-16/h8-11,15,18H,5-7,12-14H2,1-4H3,(H,24,28)/t15-,18+/m0/s1. The molecule has 7 heteroatoms. The Kier molecular flexibility index (Phi) is 7.76. The number of likely N-dealkylation sites (tertiary alicyclic amines) is 1. The maximum Gasteiger partial charge on any atom is 0.407 e. The third kappa shape index (κ3) is 7.15. The lowest BCUT2D eigenvalue weighted by Crippen LogP contribution is -2.54. The quantitative estimate of drug-likeness (QED) is 0.722. The monoisotopic (exact) mass is 406 g/mol. The van der Waals surface area contributed by atoms with Gasteiger partial charge in [0, 0.05) is 31.0 Å². The van der Waals surface area contributed by atoms with Crippen molar-refractivity contribution in [2.45, 2.75) is 77.5 Å². The third-order valence-corrected chi connectivity index (χ3v) is 4.92. The normalized spacial score (nSPS) is 18.1. The first-order chi connectivity index (χ1) is 13.6. The number of carbonyl (C=O) groups is 3. The zero-order valence-electron chi connectivity index (χ0n) is 17.7. The third-order valence-electron chi connectivity index (χ3n) is 4.92. The van der Waals surface area contributed by atoms with Crippen LogP contribution in [0.5, 0.6) is 0 Å². The molecule has 29 heavy (non-hydrogen) atoms. The maximum absolute atomic E-state index is 13.0. The molecule has 0 aliphatic carbocycles. The van der Waals surface area contributed by atoms with Gasteiger partial charge in [-0.3, -0.25) is 9.59 Å². The highest BCUT2D eigenvalue weighted by molar-refractivity contribution is 5.97. The predicted molar refractivity (Wildman–Crippen MR) is 108 cm³/mol. The molecule has 1 heterocycles. The SMILES string of the molecule is C[C@H](NC(=O)OC(C)(C)C)[C@H]1CCCCN1C(=O)CCC(=O)c1ccc(F)cc1. The Morgan fingerprint density at radius 3 is 2.45 bits per heavy atom. The fourth-order valence-electron chi connectivity index (χ4n) is 3.52. The van der Waals surface area contributed by atoms with Crippen molar-refractivity contribution in [3.05, 3.63) is 35.6 Å². The second kappa shape index (κ2) is 9.85. The number of nitrogens with zero attached hydrogens (tertiary/aromatic N) is 1. The second-order valence-electron chi connectivity index (χ2n) is 8.52. The van der Waals surface area contributed by atoms with E-state index in [9.17, 15) is 18.8 Å². The van der Waals surface area contributed by atoms with E-state index in [1.807, 2.05) is 6.92 Å². The van der Waals surface area contributed by atoms with Crippen LogP contribution in [0.3, 0.4) is 0 Å². The summed E-state index contributed by atoms with van der Waals surface area (Å²) in [6.45, 7) is 7.86. The summed E-state index contributed by atoms with van der Waals surface area (Å²) in [7, 11) is 0. The molecule has 2 atom stereocenters. The summed E-state index contributed by atoms with van der Waals surface area (Å²) in [6.07, 6.45) is 2.31. The molecule has 1 aliphatic heterocycles. The number of hydrogen-bond acceptors (Lipinski definition) is 4. The van der Waals surface area contributed by atoms with Gasteiger partial charge in [0.05, 0.1) is 6.04 Å². The van der Waals surface area contributed by atoms with Crippen LogP contribution in [0.25, 0.3) is 0 Å². The zero-order chi connectivity index (χ0) is 21.6. The van der Waals surface area contributed by atoms with Crippen LogP contribution in [0.4, 0.5) is 9.18 Å². The molecule has 1 N–H and O–H groups in total. The predicted octanol–water partition coefficient (Wildman–Crippen LogP) is 4.08. The number of nitrogens with one attached hydrogen (secondary N) is 1. The van der Waals surface area contributed by atoms with E-state index in [-0.39, 0.29) is 36.6 Å². The van der Waals surface area contributed by atoms with Gasteiger partial charge in [0.1, 0.15) is 11.4 Å². The molecule has 0 saturated carbocycles. The average molecular weight is 406 g/mol. The molecule has 1 saturated heterocycles. The number of rotatable bonds is 6. The minimum absolute atomic E-state index is 0.0710. The molecule has 1 aromatic rings. The van der Waals surface area contributed by atoms with Gasteiger partial charge >= 0.3 is 6.09 Å². The summed E-state index contributed by atoms with van der Waals surface area (Å²) < 4.78 is 18.3. The van der Waals surface area contributed by atoms with Crippen LogP contribution in [-0.2, 0) is 9.53 Å². The molecule has 0 spiro atoms. The van der Waals surface area contributed by atoms with Gasteiger partial charge in [-0.1, -0.05) is 0 Å². The lowest BCUT2D eigenvalue weighted by molar-refractivity contribution is -0.135. The molecule has 6 nitrogen and oxygen atoms in total. The molecule has 0 unspecified atom stereocenters. The number of hydrogen-bond donors (Lipinski definition) is 1. The smallest absolute Gasteiger partial charge is 0.407 e. The van der Waals surface area contributed by atoms with E-state index in [1.165, 1.54) is 24.3 Å². The minimum Gasteiger partial charge on any atom is -0.444 e. The molecule has 1 aliphatic rings. The van der Waals surface area contributed by atoms with Crippen LogP contribution < -0.4 is 5.32 Å². The van der Waals surface area contributed by atoms with E-state index in [1.54, 1.807) is 25.7 Å². The fraction of sp³-hybridized carbons (Fsp3) is 0.591. The van der Waals surface area contributed by atoms with Crippen molar-refractivity contribution in [2.75, 3.05) is 6.54 Å². The molecular weight excluding hydrogens is 375 g/mol. The van der Waals surface area contributed by atoms with Gasteiger partial charge in [0.25, 0.3) is 0 Å². The Morgan fingerprint density at radius 2 is 1.83 bits per heavy atom. The van der Waals surface area contributed by atoms with Crippen LogP contribution in [0.15, 0.2) is 24.3 Å². The van der Waals surface area contributed by atoms with Crippen molar-refractivity contribution in [3.8, 4) is 0 Å². The van der Waals surface area contributed by atoms with E-state index < -0.39 is 17.5 Å². The molecule has 2 rings (SSSR count). The second-order valence-corrected chi connectivity index (χ2v) is 8.52. The molecule has 1 aromatic carbocycles. The largest absolute Gasteiger partial charge is 0.444 e. The van der Waals surface area contributed by atoms with Crippen molar-refractivity contribution in [2.24, 2.45) is 0 Å².